The number of hydrogen-bond acceptors (Lipinski definition) is 4. The molecule has 1 fully saturated rings. The molecule has 0 saturated carbocycles. The van der Waals surface area contributed by atoms with E-state index < -0.39 is 6.10 Å². The maximum absolute atomic E-state index is 10.4. The highest BCUT2D eigenvalue weighted by atomic mass is 16.5. The lowest BCUT2D eigenvalue weighted by atomic mass is 10.2. The summed E-state index contributed by atoms with van der Waals surface area (Å²) in [4.78, 5) is 10.4. The van der Waals surface area contributed by atoms with E-state index in [0.717, 1.165) is 19.4 Å². The Hall–Kier alpha value is -0.650. The molecule has 0 radical (unpaired) electrons. The molecule has 2 unspecified atom stereocenters. The lowest BCUT2D eigenvalue weighted by Gasteiger charge is -2.13. The molecule has 1 saturated heterocycles. The summed E-state index contributed by atoms with van der Waals surface area (Å²) in [5.74, 6) is -0.255. The van der Waals surface area contributed by atoms with Gasteiger partial charge in [-0.25, -0.2) is 0 Å². The van der Waals surface area contributed by atoms with Crippen molar-refractivity contribution in [3.8, 4) is 0 Å². The summed E-state index contributed by atoms with van der Waals surface area (Å²) in [5, 5.41) is 12.6. The largest absolute Gasteiger partial charge is 0.389 e. The van der Waals surface area contributed by atoms with Crippen molar-refractivity contribution in [2.75, 3.05) is 19.8 Å². The minimum atomic E-state index is -0.397. The van der Waals surface area contributed by atoms with E-state index in [1.165, 1.54) is 0 Å². The van der Waals surface area contributed by atoms with Crippen LogP contribution in [-0.4, -0.2) is 42.9 Å². The fraction of sp³-hybridized carbons (Fsp3) is 0.889. The number of amides is 1. The first kappa shape index (κ1) is 11.4. The molecule has 2 atom stereocenters. The third-order valence-corrected chi connectivity index (χ3v) is 2.31. The van der Waals surface area contributed by atoms with Gasteiger partial charge in [-0.15, -0.1) is 0 Å². The molecule has 0 spiro atoms. The zero-order valence-electron chi connectivity index (χ0n) is 8.24. The molecule has 0 bridgehead atoms. The highest BCUT2D eigenvalue weighted by Gasteiger charge is 2.24. The predicted octanol–water partition coefficient (Wildman–Crippen LogP) is -1.01. The molecule has 0 aromatic heterocycles. The lowest BCUT2D eigenvalue weighted by molar-refractivity contribution is -0.118. The van der Waals surface area contributed by atoms with E-state index in [2.05, 4.69) is 5.32 Å². The molecule has 5 nitrogen and oxygen atoms in total. The van der Waals surface area contributed by atoms with Crippen molar-refractivity contribution in [1.29, 1.82) is 0 Å². The van der Waals surface area contributed by atoms with Crippen molar-refractivity contribution in [3.05, 3.63) is 0 Å². The normalized spacial score (nSPS) is 26.6. The van der Waals surface area contributed by atoms with Crippen LogP contribution in [-0.2, 0) is 9.53 Å². The number of ether oxygens (including phenoxy) is 1. The Morgan fingerprint density at radius 1 is 1.50 bits per heavy atom. The Morgan fingerprint density at radius 3 is 2.86 bits per heavy atom. The van der Waals surface area contributed by atoms with Crippen molar-refractivity contribution in [2.24, 2.45) is 5.73 Å². The Bertz CT molecular complexity index is 187. The Kier molecular flexibility index (Phi) is 4.86. The minimum absolute atomic E-state index is 0.0450. The molecule has 5 heteroatoms. The van der Waals surface area contributed by atoms with E-state index in [-0.39, 0.29) is 11.9 Å². The van der Waals surface area contributed by atoms with Gasteiger partial charge in [0.25, 0.3) is 0 Å². The standard InChI is InChI=1S/C9H18N2O3/c10-9(13)3-1-2-4-11-7-5-14-6-8(7)12/h7-8,11-12H,1-6H2,(H2,10,13). The molecular formula is C9H18N2O3. The second-order valence-electron chi connectivity index (χ2n) is 3.59. The molecule has 4 N–H and O–H groups in total. The smallest absolute Gasteiger partial charge is 0.217 e. The van der Waals surface area contributed by atoms with Gasteiger partial charge in [-0.1, -0.05) is 0 Å². The number of rotatable bonds is 6. The molecule has 1 rings (SSSR count). The van der Waals surface area contributed by atoms with E-state index in [9.17, 15) is 9.90 Å². The number of aliphatic hydroxyl groups excluding tert-OH is 1. The van der Waals surface area contributed by atoms with Gasteiger partial charge in [-0.2, -0.15) is 0 Å². The second kappa shape index (κ2) is 5.95. The fourth-order valence-corrected chi connectivity index (χ4v) is 1.45. The van der Waals surface area contributed by atoms with Crippen LogP contribution >= 0.6 is 0 Å². The van der Waals surface area contributed by atoms with Gasteiger partial charge in [0.1, 0.15) is 0 Å². The topological polar surface area (TPSA) is 84.6 Å². The van der Waals surface area contributed by atoms with E-state index in [0.29, 0.717) is 19.6 Å². The third-order valence-electron chi connectivity index (χ3n) is 2.31. The Balaban J connectivity index is 1.95. The summed E-state index contributed by atoms with van der Waals surface area (Å²) in [5.41, 5.74) is 5.00. The molecule has 1 heterocycles. The van der Waals surface area contributed by atoms with Crippen molar-refractivity contribution in [2.45, 2.75) is 31.4 Å². The van der Waals surface area contributed by atoms with Gasteiger partial charge in [0.2, 0.25) is 5.91 Å². The summed E-state index contributed by atoms with van der Waals surface area (Å²) in [6, 6.07) is 0.0450. The Labute approximate surface area is 83.6 Å². The SMILES string of the molecule is NC(=O)CCCCNC1COCC1O. The number of carbonyl (C=O) groups is 1. The lowest BCUT2D eigenvalue weighted by Crippen LogP contribution is -2.39. The third kappa shape index (κ3) is 4.04. The number of nitrogens with one attached hydrogen (secondary N) is 1. The maximum atomic E-state index is 10.4. The van der Waals surface area contributed by atoms with E-state index in [4.69, 9.17) is 10.5 Å². The highest BCUT2D eigenvalue weighted by Crippen LogP contribution is 2.05. The van der Waals surface area contributed by atoms with Crippen molar-refractivity contribution < 1.29 is 14.6 Å². The van der Waals surface area contributed by atoms with Crippen LogP contribution in [0.15, 0.2) is 0 Å². The van der Waals surface area contributed by atoms with Crippen molar-refractivity contribution in [3.63, 3.8) is 0 Å². The van der Waals surface area contributed by atoms with Gasteiger partial charge in [0, 0.05) is 6.42 Å². The first-order valence-corrected chi connectivity index (χ1v) is 4.97. The summed E-state index contributed by atoms with van der Waals surface area (Å²) in [6.45, 7) is 1.77. The van der Waals surface area contributed by atoms with Gasteiger partial charge in [-0.3, -0.25) is 4.79 Å². The van der Waals surface area contributed by atoms with Crippen LogP contribution in [0.2, 0.25) is 0 Å². The fourth-order valence-electron chi connectivity index (χ4n) is 1.45. The van der Waals surface area contributed by atoms with Crippen LogP contribution in [0.1, 0.15) is 19.3 Å². The zero-order valence-corrected chi connectivity index (χ0v) is 8.24. The molecule has 0 aliphatic carbocycles. The van der Waals surface area contributed by atoms with Gasteiger partial charge < -0.3 is 20.9 Å². The van der Waals surface area contributed by atoms with Gasteiger partial charge in [0.05, 0.1) is 25.4 Å². The molecule has 82 valence electrons. The highest BCUT2D eigenvalue weighted by molar-refractivity contribution is 5.73. The summed E-state index contributed by atoms with van der Waals surface area (Å²) < 4.78 is 5.08. The molecule has 0 aromatic carbocycles. The van der Waals surface area contributed by atoms with Crippen molar-refractivity contribution >= 4 is 5.91 Å². The van der Waals surface area contributed by atoms with Gasteiger partial charge >= 0.3 is 0 Å². The quantitative estimate of drug-likeness (QED) is 0.482. The first-order chi connectivity index (χ1) is 6.70. The number of carbonyl (C=O) groups excluding carboxylic acids is 1. The monoisotopic (exact) mass is 202 g/mol. The summed E-state index contributed by atoms with van der Waals surface area (Å²) in [7, 11) is 0. The molecule has 1 aliphatic rings. The molecule has 1 amide bonds. The minimum Gasteiger partial charge on any atom is -0.389 e. The number of aliphatic hydroxyl groups is 1. The van der Waals surface area contributed by atoms with Crippen LogP contribution in [0.25, 0.3) is 0 Å². The van der Waals surface area contributed by atoms with E-state index in [1.54, 1.807) is 0 Å². The maximum Gasteiger partial charge on any atom is 0.217 e. The van der Waals surface area contributed by atoms with Crippen LogP contribution in [0.3, 0.4) is 0 Å². The first-order valence-electron chi connectivity index (χ1n) is 4.97. The van der Waals surface area contributed by atoms with Crippen LogP contribution in [0, 0.1) is 0 Å². The predicted molar refractivity (Wildman–Crippen MR) is 51.7 cm³/mol. The molecular weight excluding hydrogens is 184 g/mol. The molecule has 1 aliphatic heterocycles. The van der Waals surface area contributed by atoms with Crippen molar-refractivity contribution in [1.82, 2.24) is 5.32 Å². The van der Waals surface area contributed by atoms with E-state index in [1.807, 2.05) is 0 Å². The summed E-state index contributed by atoms with van der Waals surface area (Å²) >= 11 is 0. The number of hydrogen-bond donors (Lipinski definition) is 3. The van der Waals surface area contributed by atoms with Gasteiger partial charge in [0.15, 0.2) is 0 Å². The zero-order chi connectivity index (χ0) is 10.4. The van der Waals surface area contributed by atoms with Crippen LogP contribution < -0.4 is 11.1 Å². The van der Waals surface area contributed by atoms with E-state index >= 15 is 0 Å². The summed E-state index contributed by atoms with van der Waals surface area (Å²) in [6.07, 6.45) is 1.73. The average molecular weight is 202 g/mol. The second-order valence-corrected chi connectivity index (χ2v) is 3.59. The number of unbranched alkanes of at least 4 members (excludes halogenated alkanes) is 1. The van der Waals surface area contributed by atoms with Crippen LogP contribution in [0.5, 0.6) is 0 Å². The molecule has 14 heavy (non-hydrogen) atoms. The van der Waals surface area contributed by atoms with Crippen LogP contribution in [0.4, 0.5) is 0 Å². The Morgan fingerprint density at radius 2 is 2.29 bits per heavy atom. The molecule has 0 aromatic rings. The average Bonchev–Trinajstić information content (AvgIpc) is 2.51. The number of primary amides is 1. The van der Waals surface area contributed by atoms with Gasteiger partial charge in [-0.05, 0) is 19.4 Å². The number of nitrogens with two attached hydrogens (primary N) is 1.